The number of hydrogen-bond acceptors (Lipinski definition) is 6. The molecule has 0 aliphatic carbocycles. The molecule has 3 N–H and O–H groups in total. The lowest BCUT2D eigenvalue weighted by Crippen LogP contribution is -2.30. The molecule has 1 aromatic carbocycles. The Morgan fingerprint density at radius 3 is 2.42 bits per heavy atom. The van der Waals surface area contributed by atoms with Crippen LogP contribution in [0.4, 0.5) is 11.4 Å². The highest BCUT2D eigenvalue weighted by Crippen LogP contribution is 2.29. The summed E-state index contributed by atoms with van der Waals surface area (Å²) >= 11 is 0. The highest BCUT2D eigenvalue weighted by molar-refractivity contribution is 7.89. The summed E-state index contributed by atoms with van der Waals surface area (Å²) in [4.78, 5) is 14.4. The van der Waals surface area contributed by atoms with E-state index in [1.165, 1.54) is 26.2 Å². The largest absolute Gasteiger partial charge is 0.376 e. The number of halogens is 1. The second-order valence-electron chi connectivity index (χ2n) is 6.41. The highest BCUT2D eigenvalue weighted by atomic mass is 35.5. The molecule has 1 amide bonds. The van der Waals surface area contributed by atoms with E-state index in [-0.39, 0.29) is 29.3 Å². The van der Waals surface area contributed by atoms with Gasteiger partial charge in [-0.2, -0.15) is 0 Å². The smallest absolute Gasteiger partial charge is 0.253 e. The number of anilines is 2. The molecule has 1 aliphatic rings. The Morgan fingerprint density at radius 1 is 1.27 bits per heavy atom. The number of hydrogen-bond donors (Lipinski definition) is 2. The fourth-order valence-corrected chi connectivity index (χ4v) is 3.59. The quantitative estimate of drug-likeness (QED) is 0.726. The monoisotopic (exact) mass is 406 g/mol. The Kier molecular flexibility index (Phi) is 7.85. The number of nitrogens with two attached hydrogens (primary N) is 1. The highest BCUT2D eigenvalue weighted by Gasteiger charge is 2.30. The second-order valence-corrected chi connectivity index (χ2v) is 8.56. The maximum Gasteiger partial charge on any atom is 0.253 e. The molecule has 8 nitrogen and oxygen atoms in total. The average molecular weight is 407 g/mol. The second kappa shape index (κ2) is 9.01. The molecule has 0 spiro atoms. The Balaban J connectivity index is 0.00000338. The summed E-state index contributed by atoms with van der Waals surface area (Å²) in [6.45, 7) is 0.378. The maximum absolute atomic E-state index is 12.5. The zero-order valence-electron chi connectivity index (χ0n) is 15.4. The van der Waals surface area contributed by atoms with E-state index >= 15 is 0 Å². The molecule has 2 atom stereocenters. The van der Waals surface area contributed by atoms with E-state index in [2.05, 4.69) is 5.32 Å². The van der Waals surface area contributed by atoms with E-state index in [1.54, 1.807) is 11.0 Å². The zero-order valence-corrected chi connectivity index (χ0v) is 17.1. The van der Waals surface area contributed by atoms with Gasteiger partial charge in [-0.25, -0.2) is 12.7 Å². The van der Waals surface area contributed by atoms with Crippen LogP contribution < -0.4 is 16.0 Å². The van der Waals surface area contributed by atoms with Crippen LogP contribution in [0.1, 0.15) is 12.8 Å². The van der Waals surface area contributed by atoms with Gasteiger partial charge in [0.1, 0.15) is 6.10 Å². The number of amides is 1. The van der Waals surface area contributed by atoms with Crippen LogP contribution in [-0.4, -0.2) is 65.6 Å². The summed E-state index contributed by atoms with van der Waals surface area (Å²) in [7, 11) is 2.98. The fourth-order valence-electron chi connectivity index (χ4n) is 2.66. The third-order valence-electron chi connectivity index (χ3n) is 4.15. The van der Waals surface area contributed by atoms with E-state index in [4.69, 9.17) is 10.5 Å². The summed E-state index contributed by atoms with van der Waals surface area (Å²) in [5.41, 5.74) is 6.71. The van der Waals surface area contributed by atoms with E-state index in [0.29, 0.717) is 24.3 Å². The summed E-state index contributed by atoms with van der Waals surface area (Å²) in [6, 6.07) is 4.67. The van der Waals surface area contributed by atoms with Gasteiger partial charge in [-0.15, -0.1) is 12.4 Å². The predicted molar refractivity (Wildman–Crippen MR) is 104 cm³/mol. The molecule has 148 valence electrons. The van der Waals surface area contributed by atoms with Gasteiger partial charge < -0.3 is 20.7 Å². The van der Waals surface area contributed by atoms with E-state index in [0.717, 1.165) is 10.7 Å². The molecule has 0 bridgehead atoms. The maximum atomic E-state index is 12.5. The standard InChI is InChI=1S/C16H26N4O4S.ClH/c1-19(2)14-7-6-12(25(22,23)20(3)4)9-13(14)18-16(21)15-8-5-11(10-17)24-15;/h6-7,9,11,15H,5,8,10,17H2,1-4H3,(H,18,21);1H/t11-,15+;/m1./s1. The zero-order chi connectivity index (χ0) is 18.8. The lowest BCUT2D eigenvalue weighted by Gasteiger charge is -2.21. The van der Waals surface area contributed by atoms with Crippen molar-refractivity contribution in [1.82, 2.24) is 4.31 Å². The molecular weight excluding hydrogens is 380 g/mol. The number of carbonyl (C=O) groups is 1. The number of ether oxygens (including phenoxy) is 1. The summed E-state index contributed by atoms with van der Waals surface area (Å²) in [6.07, 6.45) is 0.660. The van der Waals surface area contributed by atoms with Crippen molar-refractivity contribution in [2.45, 2.75) is 29.9 Å². The van der Waals surface area contributed by atoms with E-state index in [9.17, 15) is 13.2 Å². The predicted octanol–water partition coefficient (Wildman–Crippen LogP) is 0.869. The number of rotatable bonds is 6. The lowest BCUT2D eigenvalue weighted by molar-refractivity contribution is -0.126. The molecule has 1 fully saturated rings. The minimum absolute atomic E-state index is 0. The van der Waals surface area contributed by atoms with Crippen LogP contribution in [0.5, 0.6) is 0 Å². The Hall–Kier alpha value is -1.39. The molecule has 1 heterocycles. The van der Waals surface area contributed by atoms with Gasteiger partial charge >= 0.3 is 0 Å². The van der Waals surface area contributed by atoms with Gasteiger partial charge in [-0.05, 0) is 31.0 Å². The Morgan fingerprint density at radius 2 is 1.92 bits per heavy atom. The normalized spacial score (nSPS) is 19.9. The lowest BCUT2D eigenvalue weighted by atomic mass is 10.2. The van der Waals surface area contributed by atoms with Gasteiger partial charge in [-0.3, -0.25) is 4.79 Å². The number of sulfonamides is 1. The van der Waals surface area contributed by atoms with Crippen molar-refractivity contribution in [3.05, 3.63) is 18.2 Å². The molecule has 26 heavy (non-hydrogen) atoms. The third-order valence-corrected chi connectivity index (χ3v) is 5.96. The van der Waals surface area contributed by atoms with Gasteiger partial charge in [0, 0.05) is 34.7 Å². The van der Waals surface area contributed by atoms with Crippen LogP contribution in [0.2, 0.25) is 0 Å². The van der Waals surface area contributed by atoms with Crippen LogP contribution >= 0.6 is 12.4 Å². The Bertz CT molecular complexity index is 740. The molecule has 2 rings (SSSR count). The average Bonchev–Trinajstić information content (AvgIpc) is 3.03. The van der Waals surface area contributed by atoms with Crippen molar-refractivity contribution in [2.24, 2.45) is 5.73 Å². The summed E-state index contributed by atoms with van der Waals surface area (Å²) < 4.78 is 31.4. The molecule has 0 radical (unpaired) electrons. The third kappa shape index (κ3) is 4.86. The van der Waals surface area contributed by atoms with Crippen LogP contribution in [-0.2, 0) is 19.6 Å². The van der Waals surface area contributed by atoms with Crippen LogP contribution in [0, 0.1) is 0 Å². The fraction of sp³-hybridized carbons (Fsp3) is 0.562. The molecule has 10 heteroatoms. The van der Waals surface area contributed by atoms with E-state index in [1.807, 2.05) is 14.1 Å². The molecule has 0 unspecified atom stereocenters. The minimum atomic E-state index is -3.59. The van der Waals surface area contributed by atoms with Crippen molar-refractivity contribution in [2.75, 3.05) is 45.0 Å². The molecule has 0 aromatic heterocycles. The first kappa shape index (κ1) is 22.7. The van der Waals surface area contributed by atoms with E-state index < -0.39 is 16.1 Å². The van der Waals surface area contributed by atoms with Crippen molar-refractivity contribution in [3.8, 4) is 0 Å². The van der Waals surface area contributed by atoms with Gasteiger partial charge in [-0.1, -0.05) is 0 Å². The van der Waals surface area contributed by atoms with Gasteiger partial charge in [0.2, 0.25) is 10.0 Å². The van der Waals surface area contributed by atoms with Crippen LogP contribution in [0.25, 0.3) is 0 Å². The van der Waals surface area contributed by atoms with Gasteiger partial charge in [0.25, 0.3) is 5.91 Å². The van der Waals surface area contributed by atoms with Crippen molar-refractivity contribution < 1.29 is 17.9 Å². The van der Waals surface area contributed by atoms with Gasteiger partial charge in [0.05, 0.1) is 22.4 Å². The Labute approximate surface area is 161 Å². The first-order valence-corrected chi connectivity index (χ1v) is 9.51. The summed E-state index contributed by atoms with van der Waals surface area (Å²) in [5, 5.41) is 2.80. The first-order chi connectivity index (χ1) is 11.7. The molecule has 1 saturated heterocycles. The van der Waals surface area contributed by atoms with Crippen molar-refractivity contribution in [1.29, 1.82) is 0 Å². The topological polar surface area (TPSA) is 105 Å². The minimum Gasteiger partial charge on any atom is -0.376 e. The van der Waals surface area contributed by atoms with Crippen molar-refractivity contribution in [3.63, 3.8) is 0 Å². The number of nitrogens with one attached hydrogen (secondary N) is 1. The molecule has 0 saturated carbocycles. The summed E-state index contributed by atoms with van der Waals surface area (Å²) in [5.74, 6) is -0.293. The molecule has 1 aromatic rings. The number of carbonyl (C=O) groups excluding carboxylic acids is 1. The SMILES string of the molecule is CN(C)c1ccc(S(=O)(=O)N(C)C)cc1NC(=O)[C@@H]1CC[C@H](CN)O1.Cl. The van der Waals surface area contributed by atoms with Crippen molar-refractivity contribution >= 4 is 39.7 Å². The molecule has 1 aliphatic heterocycles. The molecular formula is C16H27ClN4O4S. The number of benzene rings is 1. The van der Waals surface area contributed by atoms with Crippen LogP contribution in [0.15, 0.2) is 23.1 Å². The van der Waals surface area contributed by atoms with Crippen LogP contribution in [0.3, 0.4) is 0 Å². The number of nitrogens with zero attached hydrogens (tertiary/aromatic N) is 2. The van der Waals surface area contributed by atoms with Gasteiger partial charge in [0.15, 0.2) is 0 Å². The first-order valence-electron chi connectivity index (χ1n) is 8.07.